The van der Waals surface area contributed by atoms with Crippen molar-refractivity contribution in [3.8, 4) is 17.2 Å². The average Bonchev–Trinajstić information content (AvgIpc) is 3.16. The fourth-order valence-electron chi connectivity index (χ4n) is 3.68. The molecule has 2 aromatic carbocycles. The number of carbonyl (C=O) groups is 2. The normalized spacial score (nSPS) is 15.2. The molecule has 4 rings (SSSR count). The van der Waals surface area contributed by atoms with Gasteiger partial charge < -0.3 is 20.5 Å². The van der Waals surface area contributed by atoms with Crippen molar-refractivity contribution in [1.29, 1.82) is 0 Å². The topological polar surface area (TPSA) is 108 Å². The van der Waals surface area contributed by atoms with Gasteiger partial charge in [-0.2, -0.15) is 5.10 Å². The van der Waals surface area contributed by atoms with Gasteiger partial charge in [-0.15, -0.1) is 0 Å². The molecule has 1 aromatic heterocycles. The number of anilines is 1. The van der Waals surface area contributed by atoms with E-state index in [2.05, 4.69) is 10.4 Å². The van der Waals surface area contributed by atoms with Crippen molar-refractivity contribution in [2.45, 2.75) is 26.2 Å². The molecule has 0 aliphatic carbocycles. The van der Waals surface area contributed by atoms with E-state index in [1.807, 2.05) is 50.2 Å². The van der Waals surface area contributed by atoms with Crippen LogP contribution in [0.3, 0.4) is 0 Å². The number of nitrogens with zero attached hydrogens (tertiary/aromatic N) is 2. The first-order valence-corrected chi connectivity index (χ1v) is 10.1. The van der Waals surface area contributed by atoms with Crippen LogP contribution in [-0.2, 0) is 9.59 Å². The van der Waals surface area contributed by atoms with Gasteiger partial charge in [-0.25, -0.2) is 4.68 Å². The predicted molar refractivity (Wildman–Crippen MR) is 116 cm³/mol. The Bertz CT molecular complexity index is 1120. The molecule has 1 aliphatic rings. The lowest BCUT2D eigenvalue weighted by atomic mass is 9.87. The molecule has 8 nitrogen and oxygen atoms in total. The molecule has 160 valence electrons. The number of nitrogens with one attached hydrogen (secondary N) is 1. The number of ether oxygens (including phenoxy) is 2. The summed E-state index contributed by atoms with van der Waals surface area (Å²) in [5.41, 5.74) is 9.02. The van der Waals surface area contributed by atoms with Crippen LogP contribution in [0.25, 0.3) is 5.69 Å². The van der Waals surface area contributed by atoms with E-state index in [1.165, 1.54) is 0 Å². The lowest BCUT2D eigenvalue weighted by Gasteiger charge is -2.24. The fraction of sp³-hybridized carbons (Fsp3) is 0.261. The van der Waals surface area contributed by atoms with Crippen LogP contribution >= 0.6 is 0 Å². The molecule has 0 saturated heterocycles. The van der Waals surface area contributed by atoms with Gasteiger partial charge in [0.1, 0.15) is 5.82 Å². The van der Waals surface area contributed by atoms with Gasteiger partial charge in [0.2, 0.25) is 5.91 Å². The largest absolute Gasteiger partial charge is 0.490 e. The first-order chi connectivity index (χ1) is 15.0. The number of hydrogen-bond acceptors (Lipinski definition) is 5. The van der Waals surface area contributed by atoms with E-state index >= 15 is 0 Å². The van der Waals surface area contributed by atoms with Crippen molar-refractivity contribution in [1.82, 2.24) is 9.78 Å². The summed E-state index contributed by atoms with van der Waals surface area (Å²) in [4.78, 5) is 23.6. The second kappa shape index (κ2) is 8.51. The molecular weight excluding hydrogens is 396 g/mol. The quantitative estimate of drug-likeness (QED) is 0.611. The molecular formula is C23H24N4O4. The number of nitrogens with two attached hydrogens (primary N) is 1. The van der Waals surface area contributed by atoms with Gasteiger partial charge in [0.15, 0.2) is 18.1 Å². The first-order valence-electron chi connectivity index (χ1n) is 10.1. The maximum absolute atomic E-state index is 12.5. The van der Waals surface area contributed by atoms with Crippen molar-refractivity contribution in [2.24, 2.45) is 5.73 Å². The molecule has 2 heterocycles. The third-order valence-corrected chi connectivity index (χ3v) is 5.14. The number of rotatable bonds is 7. The summed E-state index contributed by atoms with van der Waals surface area (Å²) in [6.45, 7) is 4.08. The van der Waals surface area contributed by atoms with Crippen LogP contribution in [0.5, 0.6) is 11.5 Å². The second-order valence-corrected chi connectivity index (χ2v) is 7.39. The highest BCUT2D eigenvalue weighted by Gasteiger charge is 2.31. The molecule has 0 saturated carbocycles. The molecule has 3 N–H and O–H groups in total. The summed E-state index contributed by atoms with van der Waals surface area (Å²) >= 11 is 0. The summed E-state index contributed by atoms with van der Waals surface area (Å²) in [6, 6.07) is 13.4. The highest BCUT2D eigenvalue weighted by atomic mass is 16.5. The van der Waals surface area contributed by atoms with E-state index in [0.717, 1.165) is 22.4 Å². The number of amides is 2. The Morgan fingerprint density at radius 3 is 2.68 bits per heavy atom. The van der Waals surface area contributed by atoms with Crippen LogP contribution < -0.4 is 20.5 Å². The van der Waals surface area contributed by atoms with Crippen molar-refractivity contribution >= 4 is 17.6 Å². The average molecular weight is 420 g/mol. The van der Waals surface area contributed by atoms with E-state index in [1.54, 1.807) is 16.9 Å². The number of primary amides is 1. The van der Waals surface area contributed by atoms with E-state index in [-0.39, 0.29) is 18.4 Å². The van der Waals surface area contributed by atoms with Gasteiger partial charge in [-0.3, -0.25) is 9.59 Å². The van der Waals surface area contributed by atoms with E-state index < -0.39 is 5.91 Å². The van der Waals surface area contributed by atoms with Gasteiger partial charge in [-0.1, -0.05) is 23.8 Å². The summed E-state index contributed by atoms with van der Waals surface area (Å²) < 4.78 is 12.9. The lowest BCUT2D eigenvalue weighted by Crippen LogP contribution is -2.24. The molecule has 0 fully saturated rings. The minimum absolute atomic E-state index is 0.0848. The Morgan fingerprint density at radius 1 is 1.19 bits per heavy atom. The third kappa shape index (κ3) is 4.23. The molecule has 8 heteroatoms. The van der Waals surface area contributed by atoms with Crippen LogP contribution in [0.4, 0.5) is 5.82 Å². The smallest absolute Gasteiger partial charge is 0.255 e. The van der Waals surface area contributed by atoms with E-state index in [0.29, 0.717) is 30.3 Å². The Kier molecular flexibility index (Phi) is 5.62. The zero-order chi connectivity index (χ0) is 22.0. The minimum Gasteiger partial charge on any atom is -0.490 e. The Labute approximate surface area is 180 Å². The van der Waals surface area contributed by atoms with E-state index in [4.69, 9.17) is 15.2 Å². The van der Waals surface area contributed by atoms with Crippen molar-refractivity contribution in [3.05, 3.63) is 65.4 Å². The SMILES string of the molecule is CCOc1cc(C2CC(=O)Nc3c2cnn3-c2ccc(C)cc2)ccc1OCC(N)=O. The van der Waals surface area contributed by atoms with Gasteiger partial charge in [0, 0.05) is 17.9 Å². The molecule has 3 aromatic rings. The fourth-order valence-corrected chi connectivity index (χ4v) is 3.68. The number of aryl methyl sites for hydroxylation is 1. The van der Waals surface area contributed by atoms with Gasteiger partial charge in [0.05, 0.1) is 18.5 Å². The standard InChI is InChI=1S/C23H24N4O4/c1-3-30-20-10-15(6-9-19(20)31-13-21(24)28)17-11-22(29)26-23-18(17)12-25-27(23)16-7-4-14(2)5-8-16/h4-10,12,17H,3,11,13H2,1-2H3,(H2,24,28)(H,26,29). The maximum atomic E-state index is 12.5. The van der Waals surface area contributed by atoms with Crippen LogP contribution in [0.15, 0.2) is 48.7 Å². The Hall–Kier alpha value is -3.81. The molecule has 0 bridgehead atoms. The molecule has 1 aliphatic heterocycles. The van der Waals surface area contributed by atoms with Crippen LogP contribution in [0.1, 0.15) is 36.0 Å². The van der Waals surface area contributed by atoms with Crippen LogP contribution in [-0.4, -0.2) is 34.8 Å². The Morgan fingerprint density at radius 2 is 1.97 bits per heavy atom. The predicted octanol–water partition coefficient (Wildman–Crippen LogP) is 2.92. The van der Waals surface area contributed by atoms with E-state index in [9.17, 15) is 9.59 Å². The third-order valence-electron chi connectivity index (χ3n) is 5.14. The van der Waals surface area contributed by atoms with Crippen LogP contribution in [0.2, 0.25) is 0 Å². The molecule has 0 spiro atoms. The summed E-state index contributed by atoms with van der Waals surface area (Å²) in [5, 5.41) is 7.49. The second-order valence-electron chi connectivity index (χ2n) is 7.39. The van der Waals surface area contributed by atoms with Crippen LogP contribution in [0, 0.1) is 6.92 Å². The van der Waals surface area contributed by atoms with Gasteiger partial charge in [-0.05, 0) is 43.7 Å². The zero-order valence-corrected chi connectivity index (χ0v) is 17.4. The maximum Gasteiger partial charge on any atom is 0.255 e. The zero-order valence-electron chi connectivity index (χ0n) is 17.4. The lowest BCUT2D eigenvalue weighted by molar-refractivity contribution is -0.120. The van der Waals surface area contributed by atoms with Crippen molar-refractivity contribution < 1.29 is 19.1 Å². The van der Waals surface area contributed by atoms with Crippen molar-refractivity contribution in [3.63, 3.8) is 0 Å². The highest BCUT2D eigenvalue weighted by Crippen LogP contribution is 2.40. The molecule has 2 amide bonds. The Balaban J connectivity index is 1.71. The van der Waals surface area contributed by atoms with Gasteiger partial charge >= 0.3 is 0 Å². The first kappa shape index (κ1) is 20.5. The minimum atomic E-state index is -0.566. The molecule has 31 heavy (non-hydrogen) atoms. The monoisotopic (exact) mass is 420 g/mol. The highest BCUT2D eigenvalue weighted by molar-refractivity contribution is 5.94. The molecule has 1 atom stereocenters. The number of fused-ring (bicyclic) bond motifs is 1. The summed E-state index contributed by atoms with van der Waals surface area (Å²) in [6.07, 6.45) is 2.08. The molecule has 1 unspecified atom stereocenters. The van der Waals surface area contributed by atoms with Gasteiger partial charge in [0.25, 0.3) is 5.91 Å². The summed E-state index contributed by atoms with van der Waals surface area (Å²) in [7, 11) is 0. The molecule has 0 radical (unpaired) electrons. The summed E-state index contributed by atoms with van der Waals surface area (Å²) in [5.74, 6) is 0.756. The van der Waals surface area contributed by atoms with Crippen molar-refractivity contribution in [2.75, 3.05) is 18.5 Å². The number of hydrogen-bond donors (Lipinski definition) is 2. The number of carbonyl (C=O) groups excluding carboxylic acids is 2. The number of aromatic nitrogens is 2. The number of benzene rings is 2.